The first-order valence-electron chi connectivity index (χ1n) is 21.4. The third kappa shape index (κ3) is 16.0. The van der Waals surface area contributed by atoms with Gasteiger partial charge in [-0.3, -0.25) is 14.5 Å². The van der Waals surface area contributed by atoms with Crippen LogP contribution in [0.4, 0.5) is 9.59 Å². The first-order valence-corrected chi connectivity index (χ1v) is 21.4. The Morgan fingerprint density at radius 3 is 2.18 bits per heavy atom. The fourth-order valence-corrected chi connectivity index (χ4v) is 6.98. The molecule has 2 aromatic rings. The molecule has 1 aliphatic heterocycles. The summed E-state index contributed by atoms with van der Waals surface area (Å²) in [6.45, 7) is 15.2. The number of nitrogens with two attached hydrogens (primary N) is 1. The smallest absolute Gasteiger partial charge is 0.414 e. The van der Waals surface area contributed by atoms with Gasteiger partial charge in [0.2, 0.25) is 18.6 Å². The van der Waals surface area contributed by atoms with Crippen LogP contribution in [0.1, 0.15) is 85.8 Å². The van der Waals surface area contributed by atoms with E-state index in [1.165, 1.54) is 4.90 Å². The lowest BCUT2D eigenvalue weighted by Gasteiger charge is -2.33. The molecular formula is C46H70N4O12. The highest BCUT2D eigenvalue weighted by Crippen LogP contribution is 2.36. The number of hydrogen-bond donors (Lipinski definition) is 3. The van der Waals surface area contributed by atoms with Crippen molar-refractivity contribution in [3.05, 3.63) is 59.7 Å². The van der Waals surface area contributed by atoms with Crippen LogP contribution in [0.25, 0.3) is 0 Å². The molecule has 0 aliphatic carbocycles. The van der Waals surface area contributed by atoms with Gasteiger partial charge in [0, 0.05) is 32.6 Å². The fraction of sp³-hybridized carbons (Fsp3) is 0.630. The van der Waals surface area contributed by atoms with Crippen molar-refractivity contribution in [1.82, 2.24) is 15.5 Å². The largest absolute Gasteiger partial charge is 0.493 e. The topological polar surface area (TPSA) is 203 Å². The van der Waals surface area contributed by atoms with E-state index in [2.05, 4.69) is 24.5 Å². The summed E-state index contributed by atoms with van der Waals surface area (Å²) in [6, 6.07) is 13.4. The van der Waals surface area contributed by atoms with Gasteiger partial charge >= 0.3 is 18.2 Å². The number of esters is 1. The van der Waals surface area contributed by atoms with Crippen molar-refractivity contribution < 1.29 is 57.1 Å². The van der Waals surface area contributed by atoms with Crippen molar-refractivity contribution in [2.45, 2.75) is 106 Å². The molecule has 3 rings (SSSR count). The molecule has 4 amide bonds. The van der Waals surface area contributed by atoms with E-state index < -0.39 is 60.4 Å². The summed E-state index contributed by atoms with van der Waals surface area (Å²) in [5.74, 6) is -1.19. The number of carbonyl (C=O) groups excluding carboxylic acids is 5. The SMILES string of the molecule is COCCCOc1cc(C[C@@H](CC2C(C[C@H](C(=O)NCC(C)(C)C(N)=O)C(C)C)OCN2C(=O)OCOC(=O)[C@@H](NC(=O)OCc2ccccc2)C(C)C)C(C)C)ccc1OC. The average molecular weight is 871 g/mol. The van der Waals surface area contributed by atoms with E-state index in [0.717, 1.165) is 11.1 Å². The lowest BCUT2D eigenvalue weighted by atomic mass is 9.80. The van der Waals surface area contributed by atoms with Crippen molar-refractivity contribution in [2.75, 3.05) is 47.5 Å². The van der Waals surface area contributed by atoms with E-state index in [9.17, 15) is 24.0 Å². The average Bonchev–Trinajstić information content (AvgIpc) is 3.63. The minimum Gasteiger partial charge on any atom is -0.493 e. The Hall–Kier alpha value is -5.09. The van der Waals surface area contributed by atoms with Gasteiger partial charge in [0.1, 0.15) is 19.4 Å². The molecule has 1 saturated heterocycles. The van der Waals surface area contributed by atoms with Gasteiger partial charge in [-0.15, -0.1) is 0 Å². The molecule has 0 radical (unpaired) electrons. The molecule has 2 aromatic carbocycles. The number of nitrogens with zero attached hydrogens (tertiary/aromatic N) is 1. The van der Waals surface area contributed by atoms with E-state index in [1.807, 2.05) is 62.4 Å². The number of alkyl carbamates (subject to hydrolysis) is 1. The number of primary amides is 1. The van der Waals surface area contributed by atoms with E-state index in [4.69, 9.17) is 38.9 Å². The lowest BCUT2D eigenvalue weighted by molar-refractivity contribution is -0.156. The van der Waals surface area contributed by atoms with Crippen LogP contribution in [-0.2, 0) is 51.1 Å². The third-order valence-corrected chi connectivity index (χ3v) is 11.2. The summed E-state index contributed by atoms with van der Waals surface area (Å²) < 4.78 is 39.3. The summed E-state index contributed by atoms with van der Waals surface area (Å²) in [5.41, 5.74) is 6.41. The highest BCUT2D eigenvalue weighted by atomic mass is 16.7. The zero-order valence-electron chi connectivity index (χ0n) is 38.2. The molecular weight excluding hydrogens is 801 g/mol. The molecule has 2 unspecified atom stereocenters. The lowest BCUT2D eigenvalue weighted by Crippen LogP contribution is -2.47. The molecule has 16 nitrogen and oxygen atoms in total. The van der Waals surface area contributed by atoms with E-state index in [0.29, 0.717) is 44.0 Å². The first-order chi connectivity index (χ1) is 29.4. The molecule has 0 saturated carbocycles. The summed E-state index contributed by atoms with van der Waals surface area (Å²) in [6.07, 6.45) is -0.0284. The molecule has 4 N–H and O–H groups in total. The number of nitrogens with one attached hydrogen (secondary N) is 2. The quantitative estimate of drug-likeness (QED) is 0.0579. The highest BCUT2D eigenvalue weighted by molar-refractivity contribution is 5.83. The Morgan fingerprint density at radius 2 is 1.56 bits per heavy atom. The maximum Gasteiger partial charge on any atom is 0.414 e. The van der Waals surface area contributed by atoms with Gasteiger partial charge in [0.05, 0.1) is 31.3 Å². The van der Waals surface area contributed by atoms with Crippen LogP contribution in [0.15, 0.2) is 48.5 Å². The Morgan fingerprint density at radius 1 is 0.855 bits per heavy atom. The van der Waals surface area contributed by atoms with E-state index in [-0.39, 0.29) is 55.9 Å². The van der Waals surface area contributed by atoms with Crippen molar-refractivity contribution in [2.24, 2.45) is 40.7 Å². The molecule has 1 heterocycles. The van der Waals surface area contributed by atoms with E-state index >= 15 is 0 Å². The molecule has 1 aliphatic rings. The summed E-state index contributed by atoms with van der Waals surface area (Å²) in [7, 11) is 3.24. The first kappa shape index (κ1) is 51.3. The number of ether oxygens (including phenoxy) is 7. The minimum absolute atomic E-state index is 0.0167. The van der Waals surface area contributed by atoms with Crippen LogP contribution in [0.3, 0.4) is 0 Å². The van der Waals surface area contributed by atoms with E-state index in [1.54, 1.807) is 41.9 Å². The molecule has 62 heavy (non-hydrogen) atoms. The number of hydrogen-bond acceptors (Lipinski definition) is 12. The Labute approximate surface area is 367 Å². The number of benzene rings is 2. The zero-order chi connectivity index (χ0) is 46.0. The summed E-state index contributed by atoms with van der Waals surface area (Å²) >= 11 is 0. The van der Waals surface area contributed by atoms with Gasteiger partial charge < -0.3 is 49.5 Å². The Balaban J connectivity index is 1.80. The van der Waals surface area contributed by atoms with Crippen LogP contribution >= 0.6 is 0 Å². The molecule has 16 heteroatoms. The predicted molar refractivity (Wildman–Crippen MR) is 232 cm³/mol. The molecule has 0 bridgehead atoms. The fourth-order valence-electron chi connectivity index (χ4n) is 6.98. The second kappa shape index (κ2) is 25.1. The van der Waals surface area contributed by atoms with Gasteiger partial charge in [0.15, 0.2) is 11.5 Å². The van der Waals surface area contributed by atoms with Crippen LogP contribution < -0.4 is 25.8 Å². The summed E-state index contributed by atoms with van der Waals surface area (Å²) in [4.78, 5) is 66.7. The van der Waals surface area contributed by atoms with Crippen LogP contribution in [0.2, 0.25) is 0 Å². The standard InChI is InChI=1S/C46H70N4O12/c1-29(2)34(21-33-17-18-37(57-10)39(22-33)58-20-14-19-56-9)23-36-38(24-35(30(3)4)41(51)48-26-46(7,8)43(47)53)60-27-50(36)45(55)62-28-61-42(52)40(31(5)6)49-44(54)59-25-32-15-12-11-13-16-32/h11-13,15-18,22,29-31,34-36,38,40H,14,19-21,23-28H2,1-10H3,(H2,47,53)(H,48,51)(H,49,54)/t34-,35-,36?,38?,40-/m0/s1. The number of amides is 4. The van der Waals surface area contributed by atoms with Crippen LogP contribution in [-0.4, -0.2) is 101 Å². The molecule has 346 valence electrons. The second-order valence-corrected chi connectivity index (χ2v) is 17.5. The Kier molecular flexibility index (Phi) is 20.8. The van der Waals surface area contributed by atoms with Crippen molar-refractivity contribution in [1.29, 1.82) is 0 Å². The molecule has 0 spiro atoms. The van der Waals surface area contributed by atoms with Crippen LogP contribution in [0, 0.1) is 35.0 Å². The minimum atomic E-state index is -1.07. The second-order valence-electron chi connectivity index (χ2n) is 17.5. The Bertz CT molecular complexity index is 1740. The highest BCUT2D eigenvalue weighted by Gasteiger charge is 2.43. The molecule has 0 aromatic heterocycles. The maximum absolute atomic E-state index is 13.9. The molecule has 1 fully saturated rings. The predicted octanol–water partition coefficient (Wildman–Crippen LogP) is 6.22. The zero-order valence-corrected chi connectivity index (χ0v) is 38.2. The number of rotatable bonds is 25. The monoisotopic (exact) mass is 870 g/mol. The van der Waals surface area contributed by atoms with Crippen LogP contribution in [0.5, 0.6) is 11.5 Å². The normalized spacial score (nSPS) is 16.7. The molecule has 5 atom stereocenters. The van der Waals surface area contributed by atoms with Crippen molar-refractivity contribution in [3.63, 3.8) is 0 Å². The van der Waals surface area contributed by atoms with Gasteiger partial charge in [-0.05, 0) is 80.0 Å². The maximum atomic E-state index is 13.9. The van der Waals surface area contributed by atoms with Crippen molar-refractivity contribution in [3.8, 4) is 11.5 Å². The van der Waals surface area contributed by atoms with Gasteiger partial charge in [-0.25, -0.2) is 14.4 Å². The number of methoxy groups -OCH3 is 2. The van der Waals surface area contributed by atoms with Gasteiger partial charge in [-0.2, -0.15) is 0 Å². The number of carbonyl (C=O) groups is 5. The van der Waals surface area contributed by atoms with Gasteiger partial charge in [-0.1, -0.05) is 77.9 Å². The van der Waals surface area contributed by atoms with Gasteiger partial charge in [0.25, 0.3) is 0 Å². The summed E-state index contributed by atoms with van der Waals surface area (Å²) in [5, 5.41) is 5.45. The third-order valence-electron chi connectivity index (χ3n) is 11.2. The van der Waals surface area contributed by atoms with Crippen molar-refractivity contribution >= 4 is 30.0 Å².